The van der Waals surface area contributed by atoms with E-state index in [9.17, 15) is 4.79 Å². The summed E-state index contributed by atoms with van der Waals surface area (Å²) in [6.07, 6.45) is 12.5. The zero-order chi connectivity index (χ0) is 25.6. The largest absolute Gasteiger partial charge is 0.493 e. The van der Waals surface area contributed by atoms with Crippen LogP contribution >= 0.6 is 0 Å². The van der Waals surface area contributed by atoms with Gasteiger partial charge in [0.25, 0.3) is 5.91 Å². The molecule has 37 heavy (non-hydrogen) atoms. The van der Waals surface area contributed by atoms with E-state index in [1.54, 1.807) is 37.2 Å². The van der Waals surface area contributed by atoms with Gasteiger partial charge < -0.3 is 14.4 Å². The highest BCUT2D eigenvalue weighted by Crippen LogP contribution is 2.32. The third kappa shape index (κ3) is 5.80. The van der Waals surface area contributed by atoms with Crippen molar-refractivity contribution in [2.24, 2.45) is 5.92 Å². The number of amides is 1. The summed E-state index contributed by atoms with van der Waals surface area (Å²) in [4.78, 5) is 18.6. The van der Waals surface area contributed by atoms with Crippen LogP contribution in [0.2, 0.25) is 0 Å². The van der Waals surface area contributed by atoms with Crippen LogP contribution in [0, 0.1) is 5.92 Å². The quantitative estimate of drug-likeness (QED) is 0.410. The molecule has 3 aromatic rings. The lowest BCUT2D eigenvalue weighted by Gasteiger charge is -2.34. The minimum Gasteiger partial charge on any atom is -0.493 e. The van der Waals surface area contributed by atoms with Crippen molar-refractivity contribution in [3.05, 3.63) is 60.4 Å². The molecule has 2 aliphatic rings. The maximum Gasteiger partial charge on any atom is 0.258 e. The highest BCUT2D eigenvalue weighted by atomic mass is 16.5. The molecular weight excluding hydrogens is 466 g/mol. The van der Waals surface area contributed by atoms with Crippen molar-refractivity contribution in [2.45, 2.75) is 51.0 Å². The number of carbonyl (C=O) groups excluding carboxylic acids is 1. The lowest BCUT2D eigenvalue weighted by Crippen LogP contribution is -2.45. The lowest BCUT2D eigenvalue weighted by atomic mass is 9.89. The second-order valence-corrected chi connectivity index (χ2v) is 10.1. The van der Waals surface area contributed by atoms with Crippen LogP contribution < -0.4 is 14.4 Å². The average Bonchev–Trinajstić information content (AvgIpc) is 3.64. The van der Waals surface area contributed by atoms with Crippen LogP contribution in [0.1, 0.15) is 55.3 Å². The molecule has 1 amide bonds. The van der Waals surface area contributed by atoms with Gasteiger partial charge in [0.15, 0.2) is 11.5 Å². The first-order chi connectivity index (χ1) is 18.2. The minimum absolute atomic E-state index is 0.0544. The average molecular weight is 504 g/mol. The monoisotopic (exact) mass is 503 g/mol. The Morgan fingerprint density at radius 2 is 1.84 bits per heavy atom. The van der Waals surface area contributed by atoms with Crippen LogP contribution in [-0.2, 0) is 0 Å². The fourth-order valence-electron chi connectivity index (χ4n) is 5.83. The molecule has 0 bridgehead atoms. The Kier molecular flexibility index (Phi) is 8.04. The summed E-state index contributed by atoms with van der Waals surface area (Å²) in [5.74, 6) is 1.87. The van der Waals surface area contributed by atoms with Crippen LogP contribution in [0.3, 0.4) is 0 Å². The molecular formula is C29H37N5O3. The molecule has 8 heteroatoms. The number of methoxy groups -OCH3 is 2. The Morgan fingerprint density at radius 1 is 1.00 bits per heavy atom. The van der Waals surface area contributed by atoms with Crippen LogP contribution in [0.5, 0.6) is 11.5 Å². The molecule has 1 unspecified atom stereocenters. The maximum atomic E-state index is 14.1. The molecule has 8 nitrogen and oxygen atoms in total. The third-order valence-electron chi connectivity index (χ3n) is 7.81. The van der Waals surface area contributed by atoms with Gasteiger partial charge in [-0.15, -0.1) is 5.10 Å². The van der Waals surface area contributed by atoms with Gasteiger partial charge in [0, 0.05) is 30.4 Å². The smallest absolute Gasteiger partial charge is 0.258 e. The molecule has 2 heterocycles. The molecule has 2 aromatic carbocycles. The van der Waals surface area contributed by atoms with E-state index < -0.39 is 0 Å². The number of hydrogen-bond donors (Lipinski definition) is 0. The lowest BCUT2D eigenvalue weighted by molar-refractivity contribution is 0.0975. The number of benzene rings is 2. The van der Waals surface area contributed by atoms with Gasteiger partial charge >= 0.3 is 0 Å². The van der Waals surface area contributed by atoms with Crippen LogP contribution in [0.4, 0.5) is 5.69 Å². The molecule has 0 radical (unpaired) electrons. The highest BCUT2D eigenvalue weighted by Gasteiger charge is 2.31. The van der Waals surface area contributed by atoms with Crippen molar-refractivity contribution < 1.29 is 14.3 Å². The number of aromatic nitrogens is 3. The number of anilines is 1. The summed E-state index contributed by atoms with van der Waals surface area (Å²) in [5.41, 5.74) is 2.28. The highest BCUT2D eigenvalue weighted by molar-refractivity contribution is 6.06. The van der Waals surface area contributed by atoms with Gasteiger partial charge in [-0.3, -0.25) is 9.69 Å². The van der Waals surface area contributed by atoms with Gasteiger partial charge in [0.1, 0.15) is 0 Å². The molecule has 2 fully saturated rings. The molecule has 1 aliphatic carbocycles. The molecule has 196 valence electrons. The van der Waals surface area contributed by atoms with Gasteiger partial charge in [0.05, 0.1) is 32.3 Å². The summed E-state index contributed by atoms with van der Waals surface area (Å²) in [6, 6.07) is 13.7. The van der Waals surface area contributed by atoms with E-state index in [2.05, 4.69) is 15.2 Å². The van der Waals surface area contributed by atoms with Gasteiger partial charge in [-0.2, -0.15) is 0 Å². The molecule has 0 spiro atoms. The molecule has 1 atom stereocenters. The molecule has 1 aromatic heterocycles. The Morgan fingerprint density at radius 3 is 2.59 bits per heavy atom. The van der Waals surface area contributed by atoms with Crippen LogP contribution in [0.15, 0.2) is 54.9 Å². The SMILES string of the molecule is COc1ccc(C(=O)N(CC2CCCN2CC2CCCCC2)c2cccc(-n3ccnn3)c2)cc1OC. The van der Waals surface area contributed by atoms with Gasteiger partial charge in [-0.1, -0.05) is 30.5 Å². The van der Waals surface area contributed by atoms with Crippen molar-refractivity contribution in [1.82, 2.24) is 19.9 Å². The number of hydrogen-bond acceptors (Lipinski definition) is 6. The van der Waals surface area contributed by atoms with E-state index in [0.717, 1.165) is 36.8 Å². The number of likely N-dealkylation sites (tertiary alicyclic amines) is 1. The number of nitrogens with zero attached hydrogens (tertiary/aromatic N) is 5. The first kappa shape index (κ1) is 25.3. The molecule has 1 saturated carbocycles. The predicted molar refractivity (Wildman–Crippen MR) is 144 cm³/mol. The van der Waals surface area contributed by atoms with E-state index in [4.69, 9.17) is 9.47 Å². The summed E-state index contributed by atoms with van der Waals surface area (Å²) < 4.78 is 12.6. The van der Waals surface area contributed by atoms with Crippen molar-refractivity contribution in [3.8, 4) is 17.2 Å². The Hall–Kier alpha value is -3.39. The van der Waals surface area contributed by atoms with Crippen molar-refractivity contribution in [3.63, 3.8) is 0 Å². The van der Waals surface area contributed by atoms with Crippen LogP contribution in [0.25, 0.3) is 5.69 Å². The fourth-order valence-corrected chi connectivity index (χ4v) is 5.83. The number of rotatable bonds is 9. The first-order valence-corrected chi connectivity index (χ1v) is 13.4. The summed E-state index contributed by atoms with van der Waals surface area (Å²) in [6.45, 7) is 2.89. The standard InChI is InChI=1S/C29H37N5O3/c1-36-27-14-13-23(18-28(27)37-2)29(35)33(24-10-6-11-25(19-24)34-17-15-30-31-34)21-26-12-7-16-32(26)20-22-8-4-3-5-9-22/h6,10-11,13-15,17-19,22,26H,3-5,7-9,12,16,20-21H2,1-2H3. The minimum atomic E-state index is -0.0544. The Bertz CT molecular complexity index is 1180. The van der Waals surface area contributed by atoms with E-state index >= 15 is 0 Å². The van der Waals surface area contributed by atoms with E-state index in [-0.39, 0.29) is 5.91 Å². The summed E-state index contributed by atoms with van der Waals surface area (Å²) in [5, 5.41) is 8.08. The first-order valence-electron chi connectivity index (χ1n) is 13.4. The topological polar surface area (TPSA) is 72.7 Å². The van der Waals surface area contributed by atoms with Crippen molar-refractivity contribution >= 4 is 11.6 Å². The Labute approximate surface area is 219 Å². The van der Waals surface area contributed by atoms with Crippen LogP contribution in [-0.4, -0.2) is 65.7 Å². The zero-order valence-corrected chi connectivity index (χ0v) is 21.9. The second-order valence-electron chi connectivity index (χ2n) is 10.1. The predicted octanol–water partition coefficient (Wildman–Crippen LogP) is 4.98. The maximum absolute atomic E-state index is 14.1. The van der Waals surface area contributed by atoms with E-state index in [1.807, 2.05) is 41.4 Å². The molecule has 0 N–H and O–H groups in total. The van der Waals surface area contributed by atoms with E-state index in [1.165, 1.54) is 38.5 Å². The molecule has 1 aliphatic heterocycles. The zero-order valence-electron chi connectivity index (χ0n) is 21.9. The second kappa shape index (κ2) is 11.8. The van der Waals surface area contributed by atoms with Gasteiger partial charge in [-0.05, 0) is 74.5 Å². The molecule has 1 saturated heterocycles. The van der Waals surface area contributed by atoms with Crippen molar-refractivity contribution in [1.29, 1.82) is 0 Å². The number of ether oxygens (including phenoxy) is 2. The summed E-state index contributed by atoms with van der Waals surface area (Å²) >= 11 is 0. The third-order valence-corrected chi connectivity index (χ3v) is 7.81. The number of carbonyl (C=O) groups is 1. The van der Waals surface area contributed by atoms with E-state index in [0.29, 0.717) is 29.6 Å². The summed E-state index contributed by atoms with van der Waals surface area (Å²) in [7, 11) is 3.19. The fraction of sp³-hybridized carbons (Fsp3) is 0.483. The molecule has 5 rings (SSSR count). The van der Waals surface area contributed by atoms with Crippen molar-refractivity contribution in [2.75, 3.05) is 38.8 Å². The van der Waals surface area contributed by atoms with Gasteiger partial charge in [-0.25, -0.2) is 4.68 Å². The Balaban J connectivity index is 1.44. The van der Waals surface area contributed by atoms with Gasteiger partial charge in [0.2, 0.25) is 0 Å². The normalized spacial score (nSPS) is 18.6.